The summed E-state index contributed by atoms with van der Waals surface area (Å²) >= 11 is 0. The molecule has 0 saturated carbocycles. The van der Waals surface area contributed by atoms with E-state index in [2.05, 4.69) is 32.2 Å². The summed E-state index contributed by atoms with van der Waals surface area (Å²) in [6, 6.07) is 12.6. The van der Waals surface area contributed by atoms with E-state index in [1.807, 2.05) is 31.2 Å². The second-order valence-corrected chi connectivity index (χ2v) is 6.38. The maximum atomic E-state index is 5.54. The monoisotopic (exact) mass is 350 g/mol. The van der Waals surface area contributed by atoms with Crippen molar-refractivity contribution in [1.82, 2.24) is 20.0 Å². The van der Waals surface area contributed by atoms with Crippen LogP contribution in [0.3, 0.4) is 0 Å². The van der Waals surface area contributed by atoms with Crippen molar-refractivity contribution < 1.29 is 9.26 Å². The number of rotatable bonds is 6. The Balaban J connectivity index is 1.46. The Hall–Kier alpha value is -2.73. The van der Waals surface area contributed by atoms with Gasteiger partial charge in [-0.3, -0.25) is 9.88 Å². The van der Waals surface area contributed by atoms with Gasteiger partial charge in [0.15, 0.2) is 0 Å². The number of hydrogen-bond donors (Lipinski definition) is 0. The number of aromatic nitrogens is 3. The molecule has 26 heavy (non-hydrogen) atoms. The molecule has 1 saturated heterocycles. The predicted octanol–water partition coefficient (Wildman–Crippen LogP) is 3.87. The van der Waals surface area contributed by atoms with Crippen molar-refractivity contribution in [2.75, 3.05) is 13.2 Å². The average Bonchev–Trinajstić information content (AvgIpc) is 3.34. The molecule has 6 heteroatoms. The summed E-state index contributed by atoms with van der Waals surface area (Å²) in [5.74, 6) is 2.14. The van der Waals surface area contributed by atoms with Crippen LogP contribution in [0.1, 0.15) is 37.3 Å². The first kappa shape index (κ1) is 16.7. The van der Waals surface area contributed by atoms with E-state index in [-0.39, 0.29) is 0 Å². The normalized spacial score (nSPS) is 17.5. The van der Waals surface area contributed by atoms with Crippen molar-refractivity contribution in [2.45, 2.75) is 32.4 Å². The zero-order valence-electron chi connectivity index (χ0n) is 14.8. The van der Waals surface area contributed by atoms with Crippen LogP contribution in [-0.4, -0.2) is 33.2 Å². The Morgan fingerprint density at radius 2 is 2.12 bits per heavy atom. The second-order valence-electron chi connectivity index (χ2n) is 6.38. The number of ether oxygens (including phenoxy) is 1. The van der Waals surface area contributed by atoms with E-state index < -0.39 is 0 Å². The van der Waals surface area contributed by atoms with Crippen LogP contribution in [0.15, 0.2) is 53.3 Å². The van der Waals surface area contributed by atoms with Crippen molar-refractivity contribution in [3.8, 4) is 17.1 Å². The molecule has 1 aliphatic rings. The third-order valence-corrected chi connectivity index (χ3v) is 4.67. The number of benzene rings is 1. The van der Waals surface area contributed by atoms with Crippen molar-refractivity contribution in [2.24, 2.45) is 0 Å². The van der Waals surface area contributed by atoms with Gasteiger partial charge in [0.25, 0.3) is 0 Å². The van der Waals surface area contributed by atoms with Gasteiger partial charge in [0.2, 0.25) is 11.7 Å². The van der Waals surface area contributed by atoms with E-state index in [1.165, 1.54) is 12.0 Å². The van der Waals surface area contributed by atoms with Crippen molar-refractivity contribution in [3.05, 3.63) is 60.2 Å². The Morgan fingerprint density at radius 1 is 1.23 bits per heavy atom. The van der Waals surface area contributed by atoms with Gasteiger partial charge in [-0.15, -0.1) is 0 Å². The molecule has 1 unspecified atom stereocenters. The van der Waals surface area contributed by atoms with Gasteiger partial charge in [-0.1, -0.05) is 17.3 Å². The highest BCUT2D eigenvalue weighted by Gasteiger charge is 2.27. The maximum absolute atomic E-state index is 5.54. The molecule has 1 aliphatic heterocycles. The summed E-state index contributed by atoms with van der Waals surface area (Å²) in [4.78, 5) is 11.0. The minimum absolute atomic E-state index is 0.374. The quantitative estimate of drug-likeness (QED) is 0.672. The zero-order chi connectivity index (χ0) is 17.8. The summed E-state index contributed by atoms with van der Waals surface area (Å²) in [6.07, 6.45) is 5.78. The highest BCUT2D eigenvalue weighted by atomic mass is 16.5. The number of hydrogen-bond acceptors (Lipinski definition) is 6. The summed E-state index contributed by atoms with van der Waals surface area (Å²) in [7, 11) is 0. The lowest BCUT2D eigenvalue weighted by atomic mass is 10.0. The molecular weight excluding hydrogens is 328 g/mol. The number of pyridine rings is 1. The summed E-state index contributed by atoms with van der Waals surface area (Å²) < 4.78 is 11.0. The summed E-state index contributed by atoms with van der Waals surface area (Å²) in [5, 5.41) is 4.09. The van der Waals surface area contributed by atoms with Crippen LogP contribution in [-0.2, 0) is 6.54 Å². The van der Waals surface area contributed by atoms with Gasteiger partial charge >= 0.3 is 0 Å². The van der Waals surface area contributed by atoms with Crippen molar-refractivity contribution in [1.29, 1.82) is 0 Å². The molecule has 0 spiro atoms. The molecule has 2 aromatic heterocycles. The van der Waals surface area contributed by atoms with E-state index in [9.17, 15) is 0 Å². The Kier molecular flexibility index (Phi) is 4.93. The van der Waals surface area contributed by atoms with Crippen molar-refractivity contribution in [3.63, 3.8) is 0 Å². The van der Waals surface area contributed by atoms with E-state index >= 15 is 0 Å². The molecule has 0 radical (unpaired) electrons. The lowest BCUT2D eigenvalue weighted by Crippen LogP contribution is -2.22. The first-order chi connectivity index (χ1) is 12.8. The molecule has 134 valence electrons. The molecule has 1 aromatic carbocycles. The van der Waals surface area contributed by atoms with E-state index in [4.69, 9.17) is 9.26 Å². The van der Waals surface area contributed by atoms with Crippen molar-refractivity contribution >= 4 is 0 Å². The molecule has 1 fully saturated rings. The lowest BCUT2D eigenvalue weighted by molar-refractivity contribution is 0.212. The molecule has 0 bridgehead atoms. The average molecular weight is 350 g/mol. The third kappa shape index (κ3) is 3.60. The fourth-order valence-electron chi connectivity index (χ4n) is 3.45. The number of likely N-dealkylation sites (tertiary alicyclic amines) is 1. The van der Waals surface area contributed by atoms with Crippen LogP contribution in [0, 0.1) is 0 Å². The molecule has 3 aromatic rings. The van der Waals surface area contributed by atoms with Gasteiger partial charge in [0, 0.05) is 24.0 Å². The van der Waals surface area contributed by atoms with Crippen LogP contribution in [0.2, 0.25) is 0 Å². The Morgan fingerprint density at radius 3 is 2.88 bits per heavy atom. The summed E-state index contributed by atoms with van der Waals surface area (Å²) in [5.41, 5.74) is 2.17. The highest BCUT2D eigenvalue weighted by Crippen LogP contribution is 2.33. The van der Waals surface area contributed by atoms with Crippen LogP contribution in [0.5, 0.6) is 5.75 Å². The van der Waals surface area contributed by atoms with Gasteiger partial charge in [0.1, 0.15) is 5.75 Å². The van der Waals surface area contributed by atoms with E-state index in [0.29, 0.717) is 30.9 Å². The molecule has 0 amide bonds. The summed E-state index contributed by atoms with van der Waals surface area (Å²) in [6.45, 7) is 4.37. The van der Waals surface area contributed by atoms with Gasteiger partial charge in [-0.2, -0.15) is 4.98 Å². The highest BCUT2D eigenvalue weighted by molar-refractivity contribution is 5.51. The standard InChI is InChI=1S/C20H22N4O2/c1-2-25-17-9-7-15(8-10-17)18-6-4-12-24(18)14-19-22-20(23-26-19)16-5-3-11-21-13-16/h3,5,7-11,13,18H,2,4,6,12,14H2,1H3. The smallest absolute Gasteiger partial charge is 0.241 e. The SMILES string of the molecule is CCOc1ccc(C2CCCN2Cc2nc(-c3cccnc3)no2)cc1. The van der Waals surface area contributed by atoms with E-state index in [0.717, 1.165) is 24.3 Å². The van der Waals surface area contributed by atoms with Gasteiger partial charge < -0.3 is 9.26 Å². The molecule has 6 nitrogen and oxygen atoms in total. The fourth-order valence-corrected chi connectivity index (χ4v) is 3.45. The minimum Gasteiger partial charge on any atom is -0.494 e. The molecule has 0 aliphatic carbocycles. The van der Waals surface area contributed by atoms with Crippen LogP contribution in [0.25, 0.3) is 11.4 Å². The third-order valence-electron chi connectivity index (χ3n) is 4.67. The minimum atomic E-state index is 0.374. The molecule has 0 N–H and O–H groups in total. The maximum Gasteiger partial charge on any atom is 0.241 e. The Labute approximate surface area is 152 Å². The predicted molar refractivity (Wildman–Crippen MR) is 97.5 cm³/mol. The van der Waals surface area contributed by atoms with Crippen LogP contribution in [0.4, 0.5) is 0 Å². The van der Waals surface area contributed by atoms with E-state index in [1.54, 1.807) is 12.4 Å². The second kappa shape index (κ2) is 7.66. The lowest BCUT2D eigenvalue weighted by Gasteiger charge is -2.23. The van der Waals surface area contributed by atoms with Crippen LogP contribution < -0.4 is 4.74 Å². The van der Waals surface area contributed by atoms with Gasteiger partial charge in [-0.25, -0.2) is 0 Å². The molecule has 4 rings (SSSR count). The topological polar surface area (TPSA) is 64.3 Å². The molecular formula is C20H22N4O2. The first-order valence-corrected chi connectivity index (χ1v) is 9.03. The molecule has 3 heterocycles. The van der Waals surface area contributed by atoms with Crippen LogP contribution >= 0.6 is 0 Å². The zero-order valence-corrected chi connectivity index (χ0v) is 14.8. The number of nitrogens with zero attached hydrogens (tertiary/aromatic N) is 4. The largest absolute Gasteiger partial charge is 0.494 e. The fraction of sp³-hybridized carbons (Fsp3) is 0.350. The van der Waals surface area contributed by atoms with Gasteiger partial charge in [-0.05, 0) is 56.1 Å². The first-order valence-electron chi connectivity index (χ1n) is 9.03. The molecule has 1 atom stereocenters. The Bertz CT molecular complexity index is 833. The van der Waals surface area contributed by atoms with Gasteiger partial charge in [0.05, 0.1) is 13.2 Å².